The summed E-state index contributed by atoms with van der Waals surface area (Å²) >= 11 is 0.0287. The summed E-state index contributed by atoms with van der Waals surface area (Å²) in [6, 6.07) is 21.4. The van der Waals surface area contributed by atoms with Crippen LogP contribution in [0.15, 0.2) is 60.7 Å². The standard InChI is InChI=1S/C18H30O2.C16H26O3.C12H10I.C10H16O4.C6H12O2/c1-5-17(3,4)16(19)20-18(6-2)14-8-12-7-13(10-14)11-15(18)9-12;1-4-14(2,3)13(17)19-16-8-11-5-12(9-16)7-15(18,6-11)10-16;1-3-7-11(8-4-1)13-12-9-5-2-6-10-12;1-4-10(2,3)9(12)14-7-5-6-13-8(7)11;1-4-6(2,3)5(7)8/h12-15H,5-11H2,1-4H3;11-12,18H,4-10H2,1-3H3;1-10H;7H,4-6H2,1-3H3;4H2,1-3H3,(H,7,8)/q;;-1;;/p-1. The molecule has 3 unspecified atom stereocenters. The van der Waals surface area contributed by atoms with E-state index in [0.717, 1.165) is 56.8 Å². The van der Waals surface area contributed by atoms with Crippen molar-refractivity contribution >= 4 is 29.8 Å². The molecule has 8 saturated carbocycles. The Labute approximate surface area is 455 Å². The number of carboxylic acid groups (broad SMARTS) is 1. The first kappa shape index (κ1) is 61.3. The molecule has 2 aromatic carbocycles. The van der Waals surface area contributed by atoms with Gasteiger partial charge < -0.3 is 34.0 Å². The Morgan fingerprint density at radius 3 is 1.39 bits per heavy atom. The topological polar surface area (TPSA) is 166 Å². The quantitative estimate of drug-likeness (QED) is 0.109. The summed E-state index contributed by atoms with van der Waals surface area (Å²) in [4.78, 5) is 57.7. The molecule has 0 amide bonds. The molecule has 0 radical (unpaired) electrons. The van der Waals surface area contributed by atoms with Gasteiger partial charge in [-0.25, -0.2) is 4.79 Å². The van der Waals surface area contributed by atoms with Crippen LogP contribution in [-0.2, 0) is 42.9 Å². The minimum absolute atomic E-state index is 0.0287. The monoisotopic (exact) mass is 1140 g/mol. The summed E-state index contributed by atoms with van der Waals surface area (Å²) in [6.45, 7) is 25.3. The van der Waals surface area contributed by atoms with Crippen molar-refractivity contribution in [3.63, 3.8) is 0 Å². The van der Waals surface area contributed by atoms with Gasteiger partial charge in [0, 0.05) is 24.2 Å². The Bertz CT molecular complexity index is 2100. The molecular weight excluding hydrogens is 1050 g/mol. The van der Waals surface area contributed by atoms with Crippen molar-refractivity contribution in [2.45, 2.75) is 222 Å². The summed E-state index contributed by atoms with van der Waals surface area (Å²) in [6.07, 6.45) is 16.1. The molecule has 1 saturated heterocycles. The van der Waals surface area contributed by atoms with Crippen LogP contribution in [0.2, 0.25) is 0 Å². The van der Waals surface area contributed by atoms with Gasteiger partial charge in [-0.1, -0.05) is 48.5 Å². The van der Waals surface area contributed by atoms with Gasteiger partial charge in [0.2, 0.25) is 6.10 Å². The van der Waals surface area contributed by atoms with Crippen molar-refractivity contribution in [1.29, 1.82) is 0 Å². The van der Waals surface area contributed by atoms with Gasteiger partial charge in [0.25, 0.3) is 0 Å². The molecule has 9 aliphatic rings. The van der Waals surface area contributed by atoms with E-state index in [9.17, 15) is 34.2 Å². The van der Waals surface area contributed by atoms with Crippen molar-refractivity contribution in [3.8, 4) is 0 Å². The second-order valence-electron chi connectivity index (χ2n) is 25.5. The Balaban J connectivity index is 0.000000177. The third kappa shape index (κ3) is 15.6. The molecule has 9 fully saturated rings. The number of benzene rings is 2. The zero-order valence-corrected chi connectivity index (χ0v) is 49.6. The van der Waals surface area contributed by atoms with Gasteiger partial charge in [0.05, 0.1) is 28.5 Å². The van der Waals surface area contributed by atoms with Gasteiger partial charge in [-0.2, -0.15) is 0 Å². The molecule has 0 spiro atoms. The van der Waals surface area contributed by atoms with Crippen molar-refractivity contribution in [2.75, 3.05) is 6.61 Å². The molecule has 3 atom stereocenters. The van der Waals surface area contributed by atoms with Crippen LogP contribution in [0.5, 0.6) is 0 Å². The SMILES string of the molecule is CCC(C)(C)C(=O)OC1(CC)C2CC3CC(C2)CC1C3.CCC(C)(C)C(=O)OC12CC3CC(CC(O)(C3)C1)C2.CCC(C)(C)C(=O)OC1CCOC1=O.CCC(C)(C)C(=O)[O-].c1ccc([I-]c2ccccc2)cc1. The summed E-state index contributed by atoms with van der Waals surface area (Å²) in [5, 5.41) is 20.8. The number of carbonyl (C=O) groups excluding carboxylic acids is 5. The van der Waals surface area contributed by atoms with E-state index in [1.807, 2.05) is 48.5 Å². The molecule has 8 aliphatic carbocycles. The van der Waals surface area contributed by atoms with Crippen LogP contribution in [0.4, 0.5) is 0 Å². The molecular formula is C62H93IO11-2. The summed E-state index contributed by atoms with van der Waals surface area (Å²) < 4.78 is 25.0. The number of cyclic esters (lactones) is 1. The Kier molecular flexibility index (Phi) is 21.0. The Morgan fingerprint density at radius 1 is 0.608 bits per heavy atom. The number of hydrogen-bond acceptors (Lipinski definition) is 11. The Morgan fingerprint density at radius 2 is 1.03 bits per heavy atom. The molecule has 11 nitrogen and oxygen atoms in total. The van der Waals surface area contributed by atoms with Crippen LogP contribution in [-0.4, -0.2) is 64.5 Å². The first-order valence-corrected chi connectivity index (χ1v) is 30.3. The fourth-order valence-electron chi connectivity index (χ4n) is 12.2. The zero-order chi connectivity index (χ0) is 54.9. The van der Waals surface area contributed by atoms with E-state index < -0.39 is 39.9 Å². The van der Waals surface area contributed by atoms with Crippen LogP contribution in [0, 0.1) is 64.3 Å². The van der Waals surface area contributed by atoms with Crippen LogP contribution < -0.4 is 26.3 Å². The van der Waals surface area contributed by atoms with Gasteiger partial charge in [-0.05, 0) is 173 Å². The maximum absolute atomic E-state index is 12.6. The first-order valence-electron chi connectivity index (χ1n) is 28.1. The van der Waals surface area contributed by atoms with E-state index in [-0.39, 0.29) is 55.7 Å². The van der Waals surface area contributed by atoms with E-state index in [2.05, 4.69) is 74.5 Å². The molecule has 11 rings (SSSR count). The second kappa shape index (κ2) is 25.3. The van der Waals surface area contributed by atoms with Crippen LogP contribution >= 0.6 is 0 Å². The number of hydrogen-bond donors (Lipinski definition) is 1. The summed E-state index contributed by atoms with van der Waals surface area (Å²) in [7, 11) is 0. The van der Waals surface area contributed by atoms with E-state index >= 15 is 0 Å². The number of carboxylic acids is 1. The van der Waals surface area contributed by atoms with Gasteiger partial charge >= 0.3 is 113 Å². The second-order valence-corrected chi connectivity index (χ2v) is 28.6. The van der Waals surface area contributed by atoms with E-state index in [4.69, 9.17) is 18.9 Å². The number of carbonyl (C=O) groups is 5. The third-order valence-corrected chi connectivity index (χ3v) is 20.9. The summed E-state index contributed by atoms with van der Waals surface area (Å²) in [5.41, 5.74) is -2.97. The number of rotatable bonds is 14. The van der Waals surface area contributed by atoms with Crippen molar-refractivity contribution in [1.82, 2.24) is 0 Å². The van der Waals surface area contributed by atoms with E-state index in [1.165, 1.54) is 45.7 Å². The first-order chi connectivity index (χ1) is 34.6. The van der Waals surface area contributed by atoms with Crippen molar-refractivity contribution in [3.05, 3.63) is 67.8 Å². The zero-order valence-electron chi connectivity index (χ0n) is 47.5. The molecule has 2 aromatic rings. The van der Waals surface area contributed by atoms with Crippen LogP contribution in [0.3, 0.4) is 0 Å². The third-order valence-electron chi connectivity index (χ3n) is 18.2. The molecule has 0 aromatic heterocycles. The van der Waals surface area contributed by atoms with Gasteiger partial charge in [-0.3, -0.25) is 14.4 Å². The predicted octanol–water partition coefficient (Wildman–Crippen LogP) is 8.89. The maximum atomic E-state index is 12.6. The van der Waals surface area contributed by atoms with Gasteiger partial charge in [-0.15, -0.1) is 0 Å². The normalized spacial score (nSPS) is 30.1. The summed E-state index contributed by atoms with van der Waals surface area (Å²) in [5.74, 6) is 2.47. The number of aliphatic hydroxyl groups is 1. The number of halogens is 1. The predicted molar refractivity (Wildman–Crippen MR) is 282 cm³/mol. The van der Waals surface area contributed by atoms with Crippen LogP contribution in [0.25, 0.3) is 0 Å². The molecule has 12 heteroatoms. The number of aliphatic carboxylic acids is 1. The van der Waals surface area contributed by atoms with Crippen molar-refractivity contribution < 1.29 is 74.3 Å². The number of esters is 4. The molecule has 416 valence electrons. The van der Waals surface area contributed by atoms with Gasteiger partial charge in [0.15, 0.2) is 0 Å². The minimum atomic E-state index is -0.972. The number of ether oxygens (including phenoxy) is 4. The van der Waals surface area contributed by atoms with Crippen molar-refractivity contribution in [2.24, 2.45) is 57.2 Å². The molecule has 74 heavy (non-hydrogen) atoms. The molecule has 8 bridgehead atoms. The van der Waals surface area contributed by atoms with E-state index in [0.29, 0.717) is 56.0 Å². The van der Waals surface area contributed by atoms with Gasteiger partial charge in [0.1, 0.15) is 11.2 Å². The fraction of sp³-hybridized carbons (Fsp3) is 0.726. The Hall–Kier alpha value is -3.52. The molecule has 1 heterocycles. The average molecular weight is 1140 g/mol. The average Bonchev–Trinajstić information content (AvgIpc) is 3.76. The molecule has 1 N–H and O–H groups in total. The van der Waals surface area contributed by atoms with Crippen LogP contribution in [0.1, 0.15) is 199 Å². The van der Waals surface area contributed by atoms with E-state index in [1.54, 1.807) is 27.7 Å². The molecule has 1 aliphatic heterocycles. The fourth-order valence-corrected chi connectivity index (χ4v) is 14.5.